The van der Waals surface area contributed by atoms with Crippen LogP contribution in [0, 0.1) is 5.92 Å². The van der Waals surface area contributed by atoms with Crippen LogP contribution < -0.4 is 5.73 Å². The molecule has 2 aliphatic rings. The number of benzene rings is 1. The average molecular weight is 359 g/mol. The third-order valence-electron chi connectivity index (χ3n) is 5.43. The summed E-state index contributed by atoms with van der Waals surface area (Å²) in [6.45, 7) is 7.51. The van der Waals surface area contributed by atoms with Crippen molar-refractivity contribution < 1.29 is 14.3 Å². The van der Waals surface area contributed by atoms with E-state index in [4.69, 9.17) is 5.73 Å². The number of hydrogen-bond donors (Lipinski definition) is 2. The number of carbonyl (C=O) groups excluding carboxylic acids is 1. The van der Waals surface area contributed by atoms with Crippen LogP contribution in [0.1, 0.15) is 70.9 Å². The molecular weight excluding hydrogens is 329 g/mol. The van der Waals surface area contributed by atoms with Gasteiger partial charge in [-0.3, -0.25) is 4.79 Å². The highest BCUT2D eigenvalue weighted by Gasteiger charge is 2.32. The second-order valence-electron chi connectivity index (χ2n) is 7.32. The zero-order valence-electron chi connectivity index (χ0n) is 16.2. The molecule has 1 aromatic carbocycles. The van der Waals surface area contributed by atoms with Crippen molar-refractivity contribution in [2.24, 2.45) is 11.7 Å². The minimum atomic E-state index is -0.851. The first-order chi connectivity index (χ1) is 12.3. The molecule has 1 saturated carbocycles. The summed E-state index contributed by atoms with van der Waals surface area (Å²) < 4.78 is 14.5. The number of phenols is 1. The lowest BCUT2D eigenvalue weighted by Crippen LogP contribution is -2.35. The summed E-state index contributed by atoms with van der Waals surface area (Å²) in [7, 11) is 0. The summed E-state index contributed by atoms with van der Waals surface area (Å²) in [6.07, 6.45) is 6.17. The van der Waals surface area contributed by atoms with Crippen LogP contribution in [0.3, 0.4) is 0 Å². The molecule has 1 fully saturated rings. The molecule has 0 spiro atoms. The normalized spacial score (nSPS) is 17.8. The van der Waals surface area contributed by atoms with E-state index in [9.17, 15) is 14.3 Å². The van der Waals surface area contributed by atoms with E-state index >= 15 is 0 Å². The van der Waals surface area contributed by atoms with Gasteiger partial charge in [-0.25, -0.2) is 4.39 Å². The van der Waals surface area contributed by atoms with E-state index in [1.54, 1.807) is 32.0 Å². The Morgan fingerprint density at radius 2 is 1.92 bits per heavy atom. The number of halogens is 1. The van der Waals surface area contributed by atoms with Gasteiger partial charge < -0.3 is 10.8 Å². The van der Waals surface area contributed by atoms with Gasteiger partial charge in [-0.1, -0.05) is 32.4 Å². The summed E-state index contributed by atoms with van der Waals surface area (Å²) in [6, 6.07) is 5.06. The van der Waals surface area contributed by atoms with E-state index in [2.05, 4.69) is 0 Å². The third-order valence-corrected chi connectivity index (χ3v) is 5.43. The number of rotatable bonds is 4. The summed E-state index contributed by atoms with van der Waals surface area (Å²) in [4.78, 5) is 11.7. The number of amides is 1. The van der Waals surface area contributed by atoms with E-state index < -0.39 is 11.3 Å². The molecule has 2 aliphatic carbocycles. The molecule has 0 aromatic heterocycles. The Hall–Kier alpha value is -2.10. The molecule has 0 bridgehead atoms. The van der Waals surface area contributed by atoms with Gasteiger partial charge in [0.15, 0.2) is 0 Å². The second kappa shape index (κ2) is 8.07. The van der Waals surface area contributed by atoms with Crippen molar-refractivity contribution in [3.8, 4) is 5.75 Å². The first-order valence-corrected chi connectivity index (χ1v) is 9.55. The van der Waals surface area contributed by atoms with Crippen LogP contribution >= 0.6 is 0 Å². The smallest absolute Gasteiger partial charge is 0.227 e. The first-order valence-electron chi connectivity index (χ1n) is 9.55. The molecule has 0 aliphatic heterocycles. The molecule has 3 nitrogen and oxygen atoms in total. The van der Waals surface area contributed by atoms with Crippen LogP contribution in [-0.2, 0) is 10.2 Å². The average Bonchev–Trinajstić information content (AvgIpc) is 2.57. The zero-order chi connectivity index (χ0) is 19.5. The van der Waals surface area contributed by atoms with Crippen LogP contribution in [0.5, 0.6) is 5.75 Å². The molecular formula is C22H30FNO2. The molecule has 0 radical (unpaired) electrons. The highest BCUT2D eigenvalue weighted by atomic mass is 19.1. The third kappa shape index (κ3) is 3.69. The van der Waals surface area contributed by atoms with Crippen molar-refractivity contribution in [3.05, 3.63) is 46.8 Å². The fraction of sp³-hybridized carbons (Fsp3) is 0.500. The maximum absolute atomic E-state index is 14.5. The van der Waals surface area contributed by atoms with Crippen molar-refractivity contribution >= 4 is 11.5 Å². The summed E-state index contributed by atoms with van der Waals surface area (Å²) in [5.74, 6) is -0.144. The van der Waals surface area contributed by atoms with Crippen LogP contribution in [0.25, 0.3) is 5.57 Å². The minimum absolute atomic E-state index is 0.0591. The van der Waals surface area contributed by atoms with Gasteiger partial charge in [0.1, 0.15) is 11.6 Å². The van der Waals surface area contributed by atoms with Crippen molar-refractivity contribution in [1.82, 2.24) is 0 Å². The number of phenolic OH excluding ortho intramolecular Hbond substituents is 1. The maximum atomic E-state index is 14.5. The molecule has 0 unspecified atom stereocenters. The molecule has 1 aromatic rings. The second-order valence-corrected chi connectivity index (χ2v) is 7.32. The van der Waals surface area contributed by atoms with Crippen LogP contribution in [0.4, 0.5) is 4.39 Å². The Morgan fingerprint density at radius 1 is 1.27 bits per heavy atom. The van der Waals surface area contributed by atoms with Gasteiger partial charge in [0.25, 0.3) is 0 Å². The van der Waals surface area contributed by atoms with E-state index in [1.165, 1.54) is 0 Å². The van der Waals surface area contributed by atoms with Crippen LogP contribution in [0.15, 0.2) is 35.7 Å². The van der Waals surface area contributed by atoms with E-state index in [1.807, 2.05) is 19.9 Å². The molecule has 1 amide bonds. The highest BCUT2D eigenvalue weighted by Crippen LogP contribution is 2.47. The number of hydrogen-bond acceptors (Lipinski definition) is 2. The van der Waals surface area contributed by atoms with Gasteiger partial charge in [-0.2, -0.15) is 0 Å². The Kier molecular flexibility index (Phi) is 6.27. The number of nitrogens with two attached hydrogens (primary N) is 1. The summed E-state index contributed by atoms with van der Waals surface area (Å²) in [5, 5.41) is 10.4. The molecule has 0 atom stereocenters. The quantitative estimate of drug-likeness (QED) is 0.758. The van der Waals surface area contributed by atoms with Gasteiger partial charge in [0.2, 0.25) is 5.91 Å². The van der Waals surface area contributed by atoms with Crippen molar-refractivity contribution in [2.75, 3.05) is 0 Å². The standard InChI is InChI=1S/C20H24FNO2.C2H6/c1-20(2,19(22)24)13-9-10-17(23)15(11-13)14-7-4-8-16(21)18(14)12-5-3-6-12;1-2/h7,9-12,23H,3-6,8H2,1-2H3,(H2,22,24);1-2H3. The Morgan fingerprint density at radius 3 is 2.46 bits per heavy atom. The highest BCUT2D eigenvalue weighted by molar-refractivity contribution is 5.88. The van der Waals surface area contributed by atoms with Crippen LogP contribution in [0.2, 0.25) is 0 Å². The largest absolute Gasteiger partial charge is 0.507 e. The molecule has 142 valence electrons. The molecule has 0 saturated heterocycles. The molecule has 4 heteroatoms. The molecule has 3 rings (SSSR count). The van der Waals surface area contributed by atoms with Crippen molar-refractivity contribution in [3.63, 3.8) is 0 Å². The Labute approximate surface area is 155 Å². The predicted octanol–water partition coefficient (Wildman–Crippen LogP) is 5.38. The Balaban J connectivity index is 0.00000117. The predicted molar refractivity (Wildman–Crippen MR) is 104 cm³/mol. The van der Waals surface area contributed by atoms with Gasteiger partial charge in [0.05, 0.1) is 5.41 Å². The van der Waals surface area contributed by atoms with E-state index in [-0.39, 0.29) is 17.5 Å². The fourth-order valence-corrected chi connectivity index (χ4v) is 3.41. The molecule has 0 heterocycles. The summed E-state index contributed by atoms with van der Waals surface area (Å²) >= 11 is 0. The molecule has 3 N–H and O–H groups in total. The monoisotopic (exact) mass is 359 g/mol. The summed E-state index contributed by atoms with van der Waals surface area (Å²) in [5.41, 5.74) is 7.51. The SMILES string of the molecule is CC.CC(C)(C(N)=O)c1ccc(O)c(C2=CCCC(F)=C2C2CCC2)c1. The Bertz CT molecular complexity index is 743. The van der Waals surface area contributed by atoms with Gasteiger partial charge in [-0.05, 0) is 67.9 Å². The van der Waals surface area contributed by atoms with Gasteiger partial charge >= 0.3 is 0 Å². The number of allylic oxidation sites excluding steroid dienone is 4. The first kappa shape index (κ1) is 20.2. The number of carbonyl (C=O) groups is 1. The number of primary amides is 1. The molecule has 26 heavy (non-hydrogen) atoms. The lowest BCUT2D eigenvalue weighted by Gasteiger charge is -2.32. The minimum Gasteiger partial charge on any atom is -0.507 e. The van der Waals surface area contributed by atoms with Crippen molar-refractivity contribution in [1.29, 1.82) is 0 Å². The maximum Gasteiger partial charge on any atom is 0.227 e. The van der Waals surface area contributed by atoms with E-state index in [0.29, 0.717) is 18.4 Å². The zero-order valence-corrected chi connectivity index (χ0v) is 16.2. The van der Waals surface area contributed by atoms with Crippen molar-refractivity contribution in [2.45, 2.75) is 65.2 Å². The van der Waals surface area contributed by atoms with Crippen LogP contribution in [-0.4, -0.2) is 11.0 Å². The fourth-order valence-electron chi connectivity index (χ4n) is 3.41. The van der Waals surface area contributed by atoms with E-state index in [0.717, 1.165) is 36.0 Å². The lowest BCUT2D eigenvalue weighted by atomic mass is 9.72. The van der Waals surface area contributed by atoms with Gasteiger partial charge in [-0.15, -0.1) is 0 Å². The lowest BCUT2D eigenvalue weighted by molar-refractivity contribution is -0.122. The topological polar surface area (TPSA) is 63.3 Å². The van der Waals surface area contributed by atoms with Gasteiger partial charge in [0, 0.05) is 12.0 Å². The number of aromatic hydroxyl groups is 1.